The van der Waals surface area contributed by atoms with E-state index in [1.165, 1.54) is 18.2 Å². The molecule has 2 rings (SSSR count). The number of nitro benzene ring substituents is 1. The number of anilines is 1. The van der Waals surface area contributed by atoms with Gasteiger partial charge in [-0.3, -0.25) is 10.1 Å². The standard InChI is InChI=1S/C14H10ClN3O2/c15-12-3-1-2-10(6-12)9-17-14-5-4-13(18(19)20)7-11(14)8-16/h1-7,17H,9H2. The van der Waals surface area contributed by atoms with Crippen molar-refractivity contribution in [3.63, 3.8) is 0 Å². The van der Waals surface area contributed by atoms with Crippen LogP contribution >= 0.6 is 11.6 Å². The number of hydrogen-bond acceptors (Lipinski definition) is 4. The van der Waals surface area contributed by atoms with Crippen LogP contribution in [0.4, 0.5) is 11.4 Å². The average Bonchev–Trinajstić information content (AvgIpc) is 2.45. The first-order valence-electron chi connectivity index (χ1n) is 5.77. The zero-order valence-corrected chi connectivity index (χ0v) is 11.1. The molecule has 0 amide bonds. The molecule has 2 aromatic rings. The highest BCUT2D eigenvalue weighted by Gasteiger charge is 2.10. The van der Waals surface area contributed by atoms with Crippen LogP contribution in [-0.2, 0) is 6.54 Å². The van der Waals surface area contributed by atoms with Gasteiger partial charge in [-0.05, 0) is 23.8 Å². The van der Waals surface area contributed by atoms with Crippen molar-refractivity contribution >= 4 is 23.0 Å². The summed E-state index contributed by atoms with van der Waals surface area (Å²) in [4.78, 5) is 10.1. The zero-order chi connectivity index (χ0) is 14.5. The maximum Gasteiger partial charge on any atom is 0.270 e. The maximum absolute atomic E-state index is 10.7. The minimum atomic E-state index is -0.526. The second-order valence-electron chi connectivity index (χ2n) is 4.08. The molecular formula is C14H10ClN3O2. The van der Waals surface area contributed by atoms with Crippen LogP contribution in [0.2, 0.25) is 5.02 Å². The molecule has 0 radical (unpaired) electrons. The maximum atomic E-state index is 10.7. The molecule has 5 nitrogen and oxygen atoms in total. The molecule has 0 aliphatic carbocycles. The van der Waals surface area contributed by atoms with Gasteiger partial charge in [0.2, 0.25) is 0 Å². The van der Waals surface area contributed by atoms with Gasteiger partial charge in [0.1, 0.15) is 6.07 Å². The Morgan fingerprint density at radius 2 is 2.10 bits per heavy atom. The number of nitrogens with zero attached hydrogens (tertiary/aromatic N) is 2. The molecule has 0 atom stereocenters. The molecule has 0 heterocycles. The SMILES string of the molecule is N#Cc1cc([N+](=O)[O-])ccc1NCc1cccc(Cl)c1. The van der Waals surface area contributed by atoms with E-state index in [4.69, 9.17) is 16.9 Å². The third-order valence-electron chi connectivity index (χ3n) is 2.71. The summed E-state index contributed by atoms with van der Waals surface area (Å²) in [5.74, 6) is 0. The topological polar surface area (TPSA) is 79.0 Å². The van der Waals surface area contributed by atoms with Crippen LogP contribution in [0.25, 0.3) is 0 Å². The van der Waals surface area contributed by atoms with E-state index < -0.39 is 4.92 Å². The van der Waals surface area contributed by atoms with Gasteiger partial charge in [0.05, 0.1) is 16.2 Å². The molecule has 0 fully saturated rings. The number of rotatable bonds is 4. The van der Waals surface area contributed by atoms with E-state index in [9.17, 15) is 10.1 Å². The zero-order valence-electron chi connectivity index (χ0n) is 10.3. The predicted octanol–water partition coefficient (Wildman–Crippen LogP) is 3.73. The molecule has 2 aromatic carbocycles. The van der Waals surface area contributed by atoms with Crippen molar-refractivity contribution in [1.82, 2.24) is 0 Å². The number of nitriles is 1. The number of nitrogens with one attached hydrogen (secondary N) is 1. The molecule has 0 saturated carbocycles. The Labute approximate surface area is 120 Å². The first kappa shape index (κ1) is 13.8. The van der Waals surface area contributed by atoms with E-state index in [2.05, 4.69) is 5.32 Å². The predicted molar refractivity (Wildman–Crippen MR) is 76.6 cm³/mol. The lowest BCUT2D eigenvalue weighted by molar-refractivity contribution is -0.384. The van der Waals surface area contributed by atoms with Crippen molar-refractivity contribution in [1.29, 1.82) is 5.26 Å². The monoisotopic (exact) mass is 287 g/mol. The van der Waals surface area contributed by atoms with Crippen LogP contribution in [0.3, 0.4) is 0 Å². The minimum Gasteiger partial charge on any atom is -0.380 e. The van der Waals surface area contributed by atoms with Gasteiger partial charge < -0.3 is 5.32 Å². The van der Waals surface area contributed by atoms with Crippen LogP contribution in [0, 0.1) is 21.4 Å². The Balaban J connectivity index is 2.18. The minimum absolute atomic E-state index is 0.102. The van der Waals surface area contributed by atoms with Gasteiger partial charge in [-0.2, -0.15) is 5.26 Å². The van der Waals surface area contributed by atoms with E-state index in [0.29, 0.717) is 17.3 Å². The normalized spacial score (nSPS) is 9.80. The van der Waals surface area contributed by atoms with E-state index in [1.54, 1.807) is 6.07 Å². The Bertz CT molecular complexity index is 695. The molecule has 1 N–H and O–H groups in total. The Morgan fingerprint density at radius 3 is 2.75 bits per heavy atom. The van der Waals surface area contributed by atoms with Crippen LogP contribution in [-0.4, -0.2) is 4.92 Å². The molecule has 20 heavy (non-hydrogen) atoms. The van der Waals surface area contributed by atoms with Gasteiger partial charge in [0.15, 0.2) is 0 Å². The Morgan fingerprint density at radius 1 is 1.30 bits per heavy atom. The molecule has 6 heteroatoms. The summed E-state index contributed by atoms with van der Waals surface area (Å²) in [6.45, 7) is 0.479. The van der Waals surface area contributed by atoms with Crippen LogP contribution in [0.1, 0.15) is 11.1 Å². The molecule has 0 saturated heterocycles. The summed E-state index contributed by atoms with van der Waals surface area (Å²) in [6.07, 6.45) is 0. The van der Waals surface area contributed by atoms with Gasteiger partial charge >= 0.3 is 0 Å². The molecule has 0 bridgehead atoms. The first-order chi connectivity index (χ1) is 9.60. The molecule has 0 aliphatic rings. The molecular weight excluding hydrogens is 278 g/mol. The second kappa shape index (κ2) is 6.04. The molecule has 0 aliphatic heterocycles. The fourth-order valence-electron chi connectivity index (χ4n) is 1.74. The summed E-state index contributed by atoms with van der Waals surface area (Å²) in [7, 11) is 0. The van der Waals surface area contributed by atoms with Crippen molar-refractivity contribution in [2.75, 3.05) is 5.32 Å². The fraction of sp³-hybridized carbons (Fsp3) is 0.0714. The summed E-state index contributed by atoms with van der Waals surface area (Å²) >= 11 is 5.89. The van der Waals surface area contributed by atoms with E-state index in [-0.39, 0.29) is 11.3 Å². The highest BCUT2D eigenvalue weighted by atomic mass is 35.5. The van der Waals surface area contributed by atoms with Gasteiger partial charge in [-0.25, -0.2) is 0 Å². The summed E-state index contributed by atoms with van der Waals surface area (Å²) in [5.41, 5.74) is 1.65. The highest BCUT2D eigenvalue weighted by Crippen LogP contribution is 2.22. The number of nitro groups is 1. The summed E-state index contributed by atoms with van der Waals surface area (Å²) in [5, 5.41) is 23.4. The number of hydrogen-bond donors (Lipinski definition) is 1. The fourth-order valence-corrected chi connectivity index (χ4v) is 1.95. The molecule has 0 spiro atoms. The Kier molecular flexibility index (Phi) is 4.18. The van der Waals surface area contributed by atoms with Gasteiger partial charge in [-0.15, -0.1) is 0 Å². The molecule has 100 valence electrons. The van der Waals surface area contributed by atoms with Crippen molar-refractivity contribution < 1.29 is 4.92 Å². The largest absolute Gasteiger partial charge is 0.380 e. The van der Waals surface area contributed by atoms with Gasteiger partial charge in [-0.1, -0.05) is 23.7 Å². The summed E-state index contributed by atoms with van der Waals surface area (Å²) < 4.78 is 0. The van der Waals surface area contributed by atoms with E-state index >= 15 is 0 Å². The van der Waals surface area contributed by atoms with Crippen LogP contribution < -0.4 is 5.32 Å². The molecule has 0 unspecified atom stereocenters. The van der Waals surface area contributed by atoms with Crippen molar-refractivity contribution in [3.05, 3.63) is 68.7 Å². The van der Waals surface area contributed by atoms with Gasteiger partial charge in [0.25, 0.3) is 5.69 Å². The van der Waals surface area contributed by atoms with Crippen molar-refractivity contribution in [3.8, 4) is 6.07 Å². The van der Waals surface area contributed by atoms with Crippen LogP contribution in [0.15, 0.2) is 42.5 Å². The lowest BCUT2D eigenvalue weighted by atomic mass is 10.1. The number of benzene rings is 2. The van der Waals surface area contributed by atoms with Gasteiger partial charge in [0, 0.05) is 23.7 Å². The highest BCUT2D eigenvalue weighted by molar-refractivity contribution is 6.30. The Hall–Kier alpha value is -2.58. The second-order valence-corrected chi connectivity index (χ2v) is 4.52. The average molecular weight is 288 g/mol. The summed E-state index contributed by atoms with van der Waals surface area (Å²) in [6, 6.07) is 13.4. The van der Waals surface area contributed by atoms with Crippen LogP contribution in [0.5, 0.6) is 0 Å². The third-order valence-corrected chi connectivity index (χ3v) is 2.94. The van der Waals surface area contributed by atoms with Crippen molar-refractivity contribution in [2.24, 2.45) is 0 Å². The lowest BCUT2D eigenvalue weighted by Gasteiger charge is -2.08. The van der Waals surface area contributed by atoms with E-state index in [0.717, 1.165) is 5.56 Å². The first-order valence-corrected chi connectivity index (χ1v) is 6.15. The quantitative estimate of drug-likeness (QED) is 0.686. The third kappa shape index (κ3) is 3.25. The number of non-ortho nitro benzene ring substituents is 1. The van der Waals surface area contributed by atoms with E-state index in [1.807, 2.05) is 24.3 Å². The van der Waals surface area contributed by atoms with Crippen molar-refractivity contribution in [2.45, 2.75) is 6.54 Å². The molecule has 0 aromatic heterocycles. The smallest absolute Gasteiger partial charge is 0.270 e. The number of halogens is 1. The lowest BCUT2D eigenvalue weighted by Crippen LogP contribution is -2.02.